The Hall–Kier alpha value is -4.63. The number of phenolic OH excluding ortho intramolecular Hbond substituents is 4. The van der Waals surface area contributed by atoms with Gasteiger partial charge in [0.15, 0.2) is 0 Å². The number of rotatable bonds is 3. The minimum Gasteiger partial charge on any atom is -0.508 e. The van der Waals surface area contributed by atoms with E-state index in [0.29, 0.717) is 24.2 Å². The lowest BCUT2D eigenvalue weighted by molar-refractivity contribution is -0.221. The molecule has 7 rings (SSSR count). The topological polar surface area (TPSA) is 146 Å². The van der Waals surface area contributed by atoms with E-state index in [9.17, 15) is 30.3 Å². The summed E-state index contributed by atoms with van der Waals surface area (Å²) < 4.78 is 18.5. The van der Waals surface area contributed by atoms with Crippen molar-refractivity contribution in [1.29, 1.82) is 0 Å². The van der Waals surface area contributed by atoms with E-state index in [1.54, 1.807) is 18.2 Å². The van der Waals surface area contributed by atoms with Gasteiger partial charge in [-0.25, -0.2) is 0 Å². The van der Waals surface area contributed by atoms with Crippen molar-refractivity contribution in [3.63, 3.8) is 0 Å². The van der Waals surface area contributed by atoms with Gasteiger partial charge in [-0.3, -0.25) is 4.79 Å². The summed E-state index contributed by atoms with van der Waals surface area (Å²) in [4.78, 5) is 14.4. The number of aliphatic hydroxyl groups is 1. The van der Waals surface area contributed by atoms with Gasteiger partial charge in [0.05, 0.1) is 11.1 Å². The molecule has 2 bridgehead atoms. The predicted molar refractivity (Wildman–Crippen MR) is 151 cm³/mol. The van der Waals surface area contributed by atoms with Gasteiger partial charge in [0.2, 0.25) is 11.4 Å². The molecule has 3 aliphatic heterocycles. The molecule has 42 heavy (non-hydrogen) atoms. The molecular formula is C33H30O9. The number of hydrogen-bond acceptors (Lipinski definition) is 9. The van der Waals surface area contributed by atoms with Gasteiger partial charge in [-0.1, -0.05) is 17.7 Å². The summed E-state index contributed by atoms with van der Waals surface area (Å²) in [6.45, 7) is 5.57. The van der Waals surface area contributed by atoms with E-state index in [1.807, 2.05) is 32.9 Å². The third kappa shape index (κ3) is 3.49. The van der Waals surface area contributed by atoms with Crippen molar-refractivity contribution in [3.05, 3.63) is 82.4 Å². The first-order chi connectivity index (χ1) is 19.8. The van der Waals surface area contributed by atoms with E-state index >= 15 is 0 Å². The molecule has 0 unspecified atom stereocenters. The molecule has 0 radical (unpaired) electrons. The Bertz CT molecular complexity index is 1770. The molecule has 0 amide bonds. The van der Waals surface area contributed by atoms with Crippen molar-refractivity contribution in [1.82, 2.24) is 0 Å². The van der Waals surface area contributed by atoms with Gasteiger partial charge in [0, 0.05) is 24.6 Å². The number of phenols is 4. The average Bonchev–Trinajstić information content (AvgIpc) is 3.14. The molecule has 0 aromatic heterocycles. The fraction of sp³-hybridized carbons (Fsp3) is 0.303. The Morgan fingerprint density at radius 2 is 1.64 bits per heavy atom. The molecule has 0 saturated carbocycles. The highest BCUT2D eigenvalue weighted by Gasteiger charge is 2.69. The Morgan fingerprint density at radius 3 is 2.38 bits per heavy atom. The number of ether oxygens (including phenoxy) is 3. The number of carbonyl (C=O) groups is 1. The summed E-state index contributed by atoms with van der Waals surface area (Å²) in [5.41, 5.74) is -0.463. The Balaban J connectivity index is 1.38. The number of carbonyl (C=O) groups excluding carboxylic acids is 1. The number of ketones is 1. The van der Waals surface area contributed by atoms with Crippen molar-refractivity contribution in [2.75, 3.05) is 0 Å². The number of Topliss-reactive ketones (excluding diaryl/α,β-unsaturated/α-hetero) is 1. The van der Waals surface area contributed by atoms with E-state index in [2.05, 4.69) is 0 Å². The Morgan fingerprint density at radius 1 is 0.929 bits per heavy atom. The average molecular weight is 571 g/mol. The Labute approximate surface area is 241 Å². The van der Waals surface area contributed by atoms with Crippen LogP contribution >= 0.6 is 0 Å². The maximum Gasteiger partial charge on any atom is 0.286 e. The maximum atomic E-state index is 14.4. The van der Waals surface area contributed by atoms with Gasteiger partial charge in [-0.15, -0.1) is 0 Å². The van der Waals surface area contributed by atoms with Crippen LogP contribution < -0.4 is 14.2 Å². The van der Waals surface area contributed by atoms with Gasteiger partial charge in [-0.2, -0.15) is 0 Å². The standard InChI is InChI=1S/C33H30O9/c1-16(2)8-9-32-30(38)28-26(42-33(32,39)22-7-5-20(35)12-25(22)41-32)13-23(36)27(29(28)37)18-10-17-14-31(3,15-18)40-24-11-19(34)4-6-21(17)24/h4-8,11-13,15,17,34-37,39H,9-10,14H2,1-3H3/t17-,31-,32-,33+/m1/s1. The second-order valence-corrected chi connectivity index (χ2v) is 12.1. The van der Waals surface area contributed by atoms with Crippen LogP contribution in [0.5, 0.6) is 40.2 Å². The van der Waals surface area contributed by atoms with Crippen molar-refractivity contribution in [2.45, 2.75) is 62.9 Å². The highest BCUT2D eigenvalue weighted by molar-refractivity contribution is 6.11. The zero-order chi connectivity index (χ0) is 29.8. The molecule has 0 saturated heterocycles. The molecule has 0 fully saturated rings. The molecule has 9 heteroatoms. The summed E-state index contributed by atoms with van der Waals surface area (Å²) in [6.07, 6.45) is 4.56. The second-order valence-electron chi connectivity index (χ2n) is 12.1. The first-order valence-corrected chi connectivity index (χ1v) is 13.8. The maximum absolute atomic E-state index is 14.4. The summed E-state index contributed by atoms with van der Waals surface area (Å²) in [7, 11) is 0. The molecule has 3 heterocycles. The molecule has 3 aromatic carbocycles. The molecule has 0 spiro atoms. The number of benzene rings is 3. The summed E-state index contributed by atoms with van der Waals surface area (Å²) in [5.74, 6) is -3.45. The lowest BCUT2D eigenvalue weighted by atomic mass is 9.72. The number of aromatic hydroxyl groups is 4. The molecule has 4 atom stereocenters. The largest absolute Gasteiger partial charge is 0.508 e. The van der Waals surface area contributed by atoms with Crippen LogP contribution in [-0.4, -0.2) is 42.5 Å². The first-order valence-electron chi connectivity index (χ1n) is 13.8. The van der Waals surface area contributed by atoms with Crippen LogP contribution in [0, 0.1) is 0 Å². The zero-order valence-corrected chi connectivity index (χ0v) is 23.3. The minimum atomic E-state index is -2.30. The first kappa shape index (κ1) is 26.3. The normalized spacial score (nSPS) is 28.1. The van der Waals surface area contributed by atoms with Crippen molar-refractivity contribution >= 4 is 11.4 Å². The third-order valence-electron chi connectivity index (χ3n) is 8.75. The fourth-order valence-corrected chi connectivity index (χ4v) is 6.90. The van der Waals surface area contributed by atoms with Gasteiger partial charge in [0.25, 0.3) is 5.79 Å². The fourth-order valence-electron chi connectivity index (χ4n) is 6.90. The molecule has 5 N–H and O–H groups in total. The summed E-state index contributed by atoms with van der Waals surface area (Å²) in [6, 6.07) is 10.3. The highest BCUT2D eigenvalue weighted by atomic mass is 16.7. The van der Waals surface area contributed by atoms with Gasteiger partial charge in [-0.05, 0) is 74.9 Å². The van der Waals surface area contributed by atoms with Crippen LogP contribution in [0.25, 0.3) is 5.57 Å². The monoisotopic (exact) mass is 570 g/mol. The van der Waals surface area contributed by atoms with Gasteiger partial charge < -0.3 is 39.7 Å². The molecule has 216 valence electrons. The lowest BCUT2D eigenvalue weighted by Crippen LogP contribution is -2.62. The van der Waals surface area contributed by atoms with Crippen LogP contribution in [0.3, 0.4) is 0 Å². The quantitative estimate of drug-likeness (QED) is 0.257. The van der Waals surface area contributed by atoms with Crippen molar-refractivity contribution < 1.29 is 44.5 Å². The van der Waals surface area contributed by atoms with E-state index in [-0.39, 0.29) is 57.8 Å². The second kappa shape index (κ2) is 8.45. The van der Waals surface area contributed by atoms with E-state index in [4.69, 9.17) is 14.2 Å². The summed E-state index contributed by atoms with van der Waals surface area (Å²) >= 11 is 0. The molecule has 3 aromatic rings. The molecular weight excluding hydrogens is 540 g/mol. The van der Waals surface area contributed by atoms with Gasteiger partial charge in [0.1, 0.15) is 51.4 Å². The summed E-state index contributed by atoms with van der Waals surface area (Å²) in [5, 5.41) is 55.0. The SMILES string of the molecule is CC(C)=CC[C@]12Oc3cc(O)ccc3[C@]1(O)Oc1cc(O)c(C3=C[C@@]4(C)C[C@@H](C3)c3ccc(O)cc3O4)c(O)c1C2=O. The van der Waals surface area contributed by atoms with E-state index in [1.165, 1.54) is 24.3 Å². The molecule has 1 aliphatic carbocycles. The third-order valence-corrected chi connectivity index (χ3v) is 8.75. The predicted octanol–water partition coefficient (Wildman–Crippen LogP) is 5.53. The van der Waals surface area contributed by atoms with Crippen LogP contribution in [0.15, 0.2) is 60.2 Å². The van der Waals surface area contributed by atoms with E-state index in [0.717, 1.165) is 11.1 Å². The van der Waals surface area contributed by atoms with Crippen molar-refractivity contribution in [3.8, 4) is 40.2 Å². The highest BCUT2D eigenvalue weighted by Crippen LogP contribution is 2.60. The van der Waals surface area contributed by atoms with Crippen LogP contribution in [0.4, 0.5) is 0 Å². The number of hydrogen-bond donors (Lipinski definition) is 5. The Kier molecular flexibility index (Phi) is 5.29. The van der Waals surface area contributed by atoms with Crippen LogP contribution in [0.2, 0.25) is 0 Å². The van der Waals surface area contributed by atoms with E-state index < -0.39 is 28.5 Å². The lowest BCUT2D eigenvalue weighted by Gasteiger charge is -2.44. The van der Waals surface area contributed by atoms with Crippen LogP contribution in [-0.2, 0) is 5.79 Å². The molecule has 4 aliphatic rings. The smallest absolute Gasteiger partial charge is 0.286 e. The molecule has 9 nitrogen and oxygen atoms in total. The van der Waals surface area contributed by atoms with Crippen molar-refractivity contribution in [2.24, 2.45) is 0 Å². The minimum absolute atomic E-state index is 0.0319. The zero-order valence-electron chi connectivity index (χ0n) is 23.3. The number of fused-ring (bicyclic) bond motifs is 8. The van der Waals surface area contributed by atoms with Crippen LogP contribution in [0.1, 0.15) is 73.0 Å². The van der Waals surface area contributed by atoms with Gasteiger partial charge >= 0.3 is 0 Å². The number of allylic oxidation sites excluding steroid dienone is 2.